The number of anilines is 1. The predicted octanol–water partition coefficient (Wildman–Crippen LogP) is 6.54. The smallest absolute Gasteiger partial charge is 0.359 e. The fraction of sp³-hybridized carbons (Fsp3) is 0.182. The summed E-state index contributed by atoms with van der Waals surface area (Å²) >= 11 is 0. The number of allylic oxidation sites excluding steroid dienone is 1. The molecule has 30 heavy (non-hydrogen) atoms. The van der Waals surface area contributed by atoms with Gasteiger partial charge in [0.05, 0.1) is 16.8 Å². The Kier molecular flexibility index (Phi) is 7.39. The first-order valence-electron chi connectivity index (χ1n) is 8.95. The fourth-order valence-corrected chi connectivity index (χ4v) is 2.57. The Hall–Kier alpha value is -3.13. The normalized spacial score (nSPS) is 12.1. The standard InChI is InChI=1S/C12H10F2N2.C10H12F3N/c1-3-7(2)16-12-6-15-11-5-10(14)9(13)4-8(11)12;1-7(14-2)8-3-5-9(6-4-8)10(11,12)13/h3-6,15-16H,1-2H2;3-7,14H,1-2H3. The molecule has 0 fully saturated rings. The average Bonchev–Trinajstić information content (AvgIpc) is 3.08. The summed E-state index contributed by atoms with van der Waals surface area (Å²) in [6.45, 7) is 9.12. The maximum atomic E-state index is 13.1. The summed E-state index contributed by atoms with van der Waals surface area (Å²) in [4.78, 5) is 2.84. The van der Waals surface area contributed by atoms with Crippen molar-refractivity contribution >= 4 is 16.6 Å². The highest BCUT2D eigenvalue weighted by Crippen LogP contribution is 2.30. The molecular weight excluding hydrogens is 401 g/mol. The van der Waals surface area contributed by atoms with Crippen LogP contribution in [0.5, 0.6) is 0 Å². The van der Waals surface area contributed by atoms with Crippen molar-refractivity contribution in [2.24, 2.45) is 0 Å². The van der Waals surface area contributed by atoms with Gasteiger partial charge in [0.1, 0.15) is 0 Å². The van der Waals surface area contributed by atoms with Crippen LogP contribution >= 0.6 is 0 Å². The topological polar surface area (TPSA) is 39.9 Å². The number of benzene rings is 2. The van der Waals surface area contributed by atoms with Crippen LogP contribution < -0.4 is 10.6 Å². The Balaban J connectivity index is 0.000000216. The third kappa shape index (κ3) is 5.70. The van der Waals surface area contributed by atoms with Crippen LogP contribution in [0.3, 0.4) is 0 Å². The summed E-state index contributed by atoms with van der Waals surface area (Å²) < 4.78 is 62.6. The third-order valence-electron chi connectivity index (χ3n) is 4.44. The van der Waals surface area contributed by atoms with Gasteiger partial charge in [0, 0.05) is 29.4 Å². The van der Waals surface area contributed by atoms with Gasteiger partial charge in [0.2, 0.25) is 0 Å². The second-order valence-corrected chi connectivity index (χ2v) is 6.50. The minimum atomic E-state index is -4.25. The van der Waals surface area contributed by atoms with Gasteiger partial charge in [0.15, 0.2) is 11.6 Å². The molecule has 3 N–H and O–H groups in total. The SMILES string of the molecule is C=CC(=C)Nc1c[nH]c2cc(F)c(F)cc12.CNC(C)c1ccc(C(F)(F)F)cc1. The van der Waals surface area contributed by atoms with Crippen LogP contribution in [0, 0.1) is 11.6 Å². The molecule has 0 aliphatic rings. The summed E-state index contributed by atoms with van der Waals surface area (Å²) in [6, 6.07) is 7.50. The van der Waals surface area contributed by atoms with E-state index in [1.807, 2.05) is 6.92 Å². The first-order chi connectivity index (χ1) is 14.1. The number of rotatable bonds is 5. The van der Waals surface area contributed by atoms with Crippen LogP contribution in [0.15, 0.2) is 67.5 Å². The highest BCUT2D eigenvalue weighted by molar-refractivity contribution is 5.93. The van der Waals surface area contributed by atoms with Crippen molar-refractivity contribution in [3.63, 3.8) is 0 Å². The average molecular weight is 423 g/mol. The first kappa shape index (κ1) is 23.2. The summed E-state index contributed by atoms with van der Waals surface area (Å²) in [6.07, 6.45) is -1.08. The summed E-state index contributed by atoms with van der Waals surface area (Å²) in [5, 5.41) is 6.46. The fourth-order valence-electron chi connectivity index (χ4n) is 2.57. The predicted molar refractivity (Wildman–Crippen MR) is 110 cm³/mol. The van der Waals surface area contributed by atoms with E-state index in [1.54, 1.807) is 19.3 Å². The van der Waals surface area contributed by atoms with Crippen molar-refractivity contribution in [1.82, 2.24) is 10.3 Å². The molecule has 0 bridgehead atoms. The van der Waals surface area contributed by atoms with Crippen LogP contribution in [0.2, 0.25) is 0 Å². The molecular formula is C22H22F5N3. The number of fused-ring (bicyclic) bond motifs is 1. The quantitative estimate of drug-likeness (QED) is 0.322. The summed E-state index contributed by atoms with van der Waals surface area (Å²) in [5.74, 6) is -1.75. The summed E-state index contributed by atoms with van der Waals surface area (Å²) in [5.41, 5.74) is 1.99. The van der Waals surface area contributed by atoms with Gasteiger partial charge in [-0.2, -0.15) is 13.2 Å². The highest BCUT2D eigenvalue weighted by Gasteiger charge is 2.30. The molecule has 3 rings (SSSR count). The third-order valence-corrected chi connectivity index (χ3v) is 4.44. The van der Waals surface area contributed by atoms with Crippen LogP contribution in [-0.2, 0) is 6.18 Å². The van der Waals surface area contributed by atoms with Crippen LogP contribution in [0.4, 0.5) is 27.6 Å². The van der Waals surface area contributed by atoms with Gasteiger partial charge in [-0.05, 0) is 43.8 Å². The molecule has 1 atom stereocenters. The number of aromatic nitrogens is 1. The van der Waals surface area contributed by atoms with E-state index in [4.69, 9.17) is 0 Å². The number of aromatic amines is 1. The zero-order valence-corrected chi connectivity index (χ0v) is 16.5. The van der Waals surface area contributed by atoms with Crippen molar-refractivity contribution in [3.8, 4) is 0 Å². The molecule has 2 aromatic carbocycles. The minimum absolute atomic E-state index is 0.0669. The van der Waals surface area contributed by atoms with E-state index in [-0.39, 0.29) is 6.04 Å². The van der Waals surface area contributed by atoms with Crippen LogP contribution in [0.1, 0.15) is 24.1 Å². The molecule has 0 saturated heterocycles. The van der Waals surface area contributed by atoms with E-state index in [0.29, 0.717) is 22.3 Å². The van der Waals surface area contributed by atoms with Crippen LogP contribution in [0.25, 0.3) is 10.9 Å². The van der Waals surface area contributed by atoms with Gasteiger partial charge in [-0.15, -0.1) is 0 Å². The van der Waals surface area contributed by atoms with E-state index in [0.717, 1.165) is 29.8 Å². The molecule has 0 saturated carbocycles. The molecule has 3 aromatic rings. The van der Waals surface area contributed by atoms with Gasteiger partial charge in [-0.1, -0.05) is 25.3 Å². The number of nitrogens with one attached hydrogen (secondary N) is 3. The van der Waals surface area contributed by atoms with Crippen LogP contribution in [-0.4, -0.2) is 12.0 Å². The molecule has 1 aromatic heterocycles. The monoisotopic (exact) mass is 423 g/mol. The van der Waals surface area contributed by atoms with E-state index < -0.39 is 23.4 Å². The molecule has 1 heterocycles. The molecule has 0 radical (unpaired) electrons. The Morgan fingerprint density at radius 1 is 1.10 bits per heavy atom. The van der Waals surface area contributed by atoms with E-state index >= 15 is 0 Å². The number of alkyl halides is 3. The van der Waals surface area contributed by atoms with Crippen molar-refractivity contribution in [2.45, 2.75) is 19.1 Å². The van der Waals surface area contributed by atoms with E-state index in [2.05, 4.69) is 28.8 Å². The lowest BCUT2D eigenvalue weighted by molar-refractivity contribution is -0.137. The number of H-pyrrole nitrogens is 1. The number of hydrogen-bond donors (Lipinski definition) is 3. The second kappa shape index (κ2) is 9.58. The molecule has 0 spiro atoms. The van der Waals surface area contributed by atoms with Gasteiger partial charge in [-0.25, -0.2) is 8.78 Å². The molecule has 0 amide bonds. The molecule has 1 unspecified atom stereocenters. The van der Waals surface area contributed by atoms with Crippen molar-refractivity contribution in [2.75, 3.05) is 12.4 Å². The molecule has 8 heteroatoms. The van der Waals surface area contributed by atoms with Gasteiger partial charge in [0.25, 0.3) is 0 Å². The highest BCUT2D eigenvalue weighted by atomic mass is 19.4. The lowest BCUT2D eigenvalue weighted by atomic mass is 10.1. The van der Waals surface area contributed by atoms with Gasteiger partial charge >= 0.3 is 6.18 Å². The van der Waals surface area contributed by atoms with Crippen molar-refractivity contribution in [3.05, 3.63) is 90.3 Å². The van der Waals surface area contributed by atoms with Crippen molar-refractivity contribution < 1.29 is 22.0 Å². The van der Waals surface area contributed by atoms with Crippen molar-refractivity contribution in [1.29, 1.82) is 0 Å². The molecule has 3 nitrogen and oxygen atoms in total. The second-order valence-electron chi connectivity index (χ2n) is 6.50. The lowest BCUT2D eigenvalue weighted by Crippen LogP contribution is -2.12. The Morgan fingerprint density at radius 3 is 2.23 bits per heavy atom. The van der Waals surface area contributed by atoms with E-state index in [9.17, 15) is 22.0 Å². The number of hydrogen-bond acceptors (Lipinski definition) is 2. The summed E-state index contributed by atoms with van der Waals surface area (Å²) in [7, 11) is 1.77. The van der Waals surface area contributed by atoms with Gasteiger partial charge in [-0.3, -0.25) is 0 Å². The molecule has 0 aliphatic carbocycles. The molecule has 0 aliphatic heterocycles. The zero-order chi connectivity index (χ0) is 22.5. The van der Waals surface area contributed by atoms with E-state index in [1.165, 1.54) is 12.1 Å². The maximum Gasteiger partial charge on any atom is 0.416 e. The lowest BCUT2D eigenvalue weighted by Gasteiger charge is -2.12. The Morgan fingerprint density at radius 2 is 1.70 bits per heavy atom. The largest absolute Gasteiger partial charge is 0.416 e. The Labute approximate surface area is 171 Å². The first-order valence-corrected chi connectivity index (χ1v) is 8.95. The maximum absolute atomic E-state index is 13.1. The minimum Gasteiger partial charge on any atom is -0.359 e. The molecule has 160 valence electrons. The zero-order valence-electron chi connectivity index (χ0n) is 16.5. The van der Waals surface area contributed by atoms with Gasteiger partial charge < -0.3 is 15.6 Å². The number of halogens is 5. The Bertz CT molecular complexity index is 1020.